The molecule has 0 amide bonds. The predicted molar refractivity (Wildman–Crippen MR) is 182 cm³/mol. The van der Waals surface area contributed by atoms with Crippen LogP contribution < -0.4 is 10.1 Å². The van der Waals surface area contributed by atoms with E-state index in [0.29, 0.717) is 50.2 Å². The lowest BCUT2D eigenvalue weighted by Crippen LogP contribution is -2.52. The Kier molecular flexibility index (Phi) is 11.8. The minimum absolute atomic E-state index is 0.130. The molecule has 0 aliphatic carbocycles. The number of aliphatic imine (C=N–C) groups is 2. The number of allylic oxidation sites excluding steroid dienone is 3. The number of nitrogens with one attached hydrogen (secondary N) is 1. The second kappa shape index (κ2) is 15.6. The highest BCUT2D eigenvalue weighted by Gasteiger charge is 2.32. The topological polar surface area (TPSA) is 118 Å². The first kappa shape index (κ1) is 34.2. The van der Waals surface area contributed by atoms with E-state index < -0.39 is 10.0 Å². The first-order chi connectivity index (χ1) is 21.6. The van der Waals surface area contributed by atoms with Crippen molar-refractivity contribution >= 4 is 27.2 Å². The van der Waals surface area contributed by atoms with Gasteiger partial charge in [0.15, 0.2) is 0 Å². The Morgan fingerprint density at radius 2 is 1.98 bits per heavy atom. The van der Waals surface area contributed by atoms with Crippen LogP contribution in [0.25, 0.3) is 16.8 Å². The van der Waals surface area contributed by atoms with Gasteiger partial charge in [-0.05, 0) is 48.0 Å². The number of benzene rings is 1. The quantitative estimate of drug-likeness (QED) is 0.290. The molecule has 1 aromatic carbocycles. The SMILES string of the molecule is C=C(/C=C\C=C(/CCC)c1cccc(-c2cnc(CNCC3CN(S(C)(=O)=O)C3)c(OC)n2)c1C)C1CN=C(CC)C(OC)=N1. The number of nitrogens with zero attached hydrogens (tertiary/aromatic N) is 5. The standard InChI is InChI=1S/C34H46N6O4S/c1-8-12-26(14-10-13-23(3)30-19-36-29(9-2)33(38-30)43-5)27-15-11-16-28(24(27)4)31-20-37-32(34(39-31)44-6)18-35-17-25-21-40(22-25)45(7,41)42/h10-11,13-16,20,25,30,35H,3,8-9,12,17-19,21-22H2,1-2,4-7H3/b13-10-,26-14+. The Morgan fingerprint density at radius 1 is 1.20 bits per heavy atom. The molecule has 0 saturated carbocycles. The molecule has 4 rings (SSSR count). The molecule has 1 saturated heterocycles. The zero-order chi connectivity index (χ0) is 32.6. The van der Waals surface area contributed by atoms with Gasteiger partial charge in [-0.2, -0.15) is 0 Å². The third-order valence-corrected chi connectivity index (χ3v) is 9.37. The minimum Gasteiger partial charge on any atom is -0.480 e. The van der Waals surface area contributed by atoms with Gasteiger partial charge in [-0.25, -0.2) is 22.7 Å². The molecule has 1 aromatic heterocycles. The van der Waals surface area contributed by atoms with Crippen LogP contribution in [0.2, 0.25) is 0 Å². The number of rotatable bonds is 14. The van der Waals surface area contributed by atoms with Crippen molar-refractivity contribution in [3.05, 3.63) is 71.6 Å². The van der Waals surface area contributed by atoms with E-state index >= 15 is 0 Å². The highest BCUT2D eigenvalue weighted by atomic mass is 32.2. The molecule has 1 fully saturated rings. The van der Waals surface area contributed by atoms with Crippen molar-refractivity contribution in [1.82, 2.24) is 19.6 Å². The fraction of sp³-hybridized carbons (Fsp3) is 0.471. The summed E-state index contributed by atoms with van der Waals surface area (Å²) in [5.41, 5.74) is 7.75. The molecule has 2 aliphatic heterocycles. The van der Waals surface area contributed by atoms with Gasteiger partial charge in [-0.15, -0.1) is 0 Å². The van der Waals surface area contributed by atoms with Crippen LogP contribution in [0.5, 0.6) is 5.88 Å². The van der Waals surface area contributed by atoms with E-state index in [9.17, 15) is 8.42 Å². The summed E-state index contributed by atoms with van der Waals surface area (Å²) < 4.78 is 35.8. The van der Waals surface area contributed by atoms with Crippen molar-refractivity contribution in [2.24, 2.45) is 15.9 Å². The molecule has 1 atom stereocenters. The smallest absolute Gasteiger partial charge is 0.237 e. The van der Waals surface area contributed by atoms with E-state index in [1.165, 1.54) is 16.1 Å². The van der Waals surface area contributed by atoms with Crippen LogP contribution in [-0.2, 0) is 21.3 Å². The lowest BCUT2D eigenvalue weighted by atomic mass is 9.92. The monoisotopic (exact) mass is 634 g/mol. The zero-order valence-electron chi connectivity index (χ0n) is 27.3. The Hall–Kier alpha value is -3.67. The number of sulfonamides is 1. The van der Waals surface area contributed by atoms with E-state index in [-0.39, 0.29) is 12.0 Å². The third-order valence-electron chi connectivity index (χ3n) is 8.14. The van der Waals surface area contributed by atoms with Crippen LogP contribution in [-0.4, -0.2) is 87.0 Å². The predicted octanol–water partition coefficient (Wildman–Crippen LogP) is 5.02. The van der Waals surface area contributed by atoms with Crippen LogP contribution in [0.4, 0.5) is 0 Å². The van der Waals surface area contributed by atoms with E-state index in [1.54, 1.807) is 20.4 Å². The lowest BCUT2D eigenvalue weighted by molar-refractivity contribution is 0.197. The third kappa shape index (κ3) is 8.53. The second-order valence-corrected chi connectivity index (χ2v) is 13.4. The summed E-state index contributed by atoms with van der Waals surface area (Å²) in [6, 6.07) is 6.13. The lowest BCUT2D eigenvalue weighted by Gasteiger charge is -2.37. The summed E-state index contributed by atoms with van der Waals surface area (Å²) >= 11 is 0. The van der Waals surface area contributed by atoms with Crippen molar-refractivity contribution in [3.63, 3.8) is 0 Å². The Labute approximate surface area is 268 Å². The van der Waals surface area contributed by atoms with E-state index in [0.717, 1.165) is 52.9 Å². The molecule has 45 heavy (non-hydrogen) atoms. The summed E-state index contributed by atoms with van der Waals surface area (Å²) in [7, 11) is 0.119. The van der Waals surface area contributed by atoms with Crippen LogP contribution in [0.3, 0.4) is 0 Å². The minimum atomic E-state index is -3.11. The van der Waals surface area contributed by atoms with Gasteiger partial charge in [0.25, 0.3) is 0 Å². The maximum atomic E-state index is 11.6. The molecule has 1 N–H and O–H groups in total. The van der Waals surface area contributed by atoms with E-state index in [2.05, 4.69) is 60.0 Å². The van der Waals surface area contributed by atoms with Crippen LogP contribution in [0.15, 0.2) is 64.8 Å². The summed E-state index contributed by atoms with van der Waals surface area (Å²) in [6.45, 7) is 13.4. The first-order valence-electron chi connectivity index (χ1n) is 15.5. The maximum absolute atomic E-state index is 11.6. The van der Waals surface area contributed by atoms with Crippen molar-refractivity contribution < 1.29 is 17.9 Å². The van der Waals surface area contributed by atoms with Gasteiger partial charge < -0.3 is 14.8 Å². The first-order valence-corrected chi connectivity index (χ1v) is 17.3. The molecule has 3 heterocycles. The normalized spacial score (nSPS) is 18.0. The van der Waals surface area contributed by atoms with Crippen LogP contribution >= 0.6 is 0 Å². The van der Waals surface area contributed by atoms with Gasteiger partial charge in [0.1, 0.15) is 5.69 Å². The molecule has 10 nitrogen and oxygen atoms in total. The van der Waals surface area contributed by atoms with Crippen LogP contribution in [0.1, 0.15) is 49.9 Å². The number of hydrogen-bond acceptors (Lipinski definition) is 9. The molecule has 1 unspecified atom stereocenters. The Bertz CT molecular complexity index is 1610. The second-order valence-electron chi connectivity index (χ2n) is 11.4. The van der Waals surface area contributed by atoms with Crippen molar-refractivity contribution in [1.29, 1.82) is 0 Å². The highest BCUT2D eigenvalue weighted by molar-refractivity contribution is 7.88. The molecule has 11 heteroatoms. The molecule has 0 radical (unpaired) electrons. The van der Waals surface area contributed by atoms with Gasteiger partial charge in [-0.3, -0.25) is 9.98 Å². The number of aromatic nitrogens is 2. The summed E-state index contributed by atoms with van der Waals surface area (Å²) in [5, 5.41) is 3.37. The average molecular weight is 635 g/mol. The number of methoxy groups -OCH3 is 2. The van der Waals surface area contributed by atoms with Gasteiger partial charge in [-0.1, -0.05) is 63.3 Å². The van der Waals surface area contributed by atoms with E-state index in [4.69, 9.17) is 19.5 Å². The maximum Gasteiger partial charge on any atom is 0.237 e. The van der Waals surface area contributed by atoms with Crippen molar-refractivity contribution in [2.75, 3.05) is 46.7 Å². The average Bonchev–Trinajstić information content (AvgIpc) is 3.00. The molecular weight excluding hydrogens is 588 g/mol. The van der Waals surface area contributed by atoms with E-state index in [1.807, 2.05) is 19.1 Å². The van der Waals surface area contributed by atoms with Crippen LogP contribution in [0, 0.1) is 12.8 Å². The molecule has 2 aliphatic rings. The molecule has 2 aromatic rings. The summed E-state index contributed by atoms with van der Waals surface area (Å²) in [6.07, 6.45) is 12.0. The summed E-state index contributed by atoms with van der Waals surface area (Å²) in [4.78, 5) is 18.8. The molecular formula is C34H46N6O4S. The fourth-order valence-corrected chi connectivity index (χ4v) is 6.48. The number of hydrogen-bond donors (Lipinski definition) is 1. The van der Waals surface area contributed by atoms with Gasteiger partial charge in [0, 0.05) is 31.7 Å². The largest absolute Gasteiger partial charge is 0.480 e. The molecule has 0 bridgehead atoms. The summed E-state index contributed by atoms with van der Waals surface area (Å²) in [5.74, 6) is 1.35. The highest BCUT2D eigenvalue weighted by Crippen LogP contribution is 2.32. The Balaban J connectivity index is 1.47. The molecule has 242 valence electrons. The van der Waals surface area contributed by atoms with Crippen molar-refractivity contribution in [3.8, 4) is 17.1 Å². The van der Waals surface area contributed by atoms with Gasteiger partial charge in [0.2, 0.25) is 21.8 Å². The molecule has 0 spiro atoms. The number of ether oxygens (including phenoxy) is 2. The van der Waals surface area contributed by atoms with Gasteiger partial charge in [0.05, 0.1) is 50.7 Å². The van der Waals surface area contributed by atoms with Crippen molar-refractivity contribution in [2.45, 2.75) is 52.6 Å². The Morgan fingerprint density at radius 3 is 2.64 bits per heavy atom. The zero-order valence-corrected chi connectivity index (χ0v) is 28.2. The van der Waals surface area contributed by atoms with Gasteiger partial charge >= 0.3 is 0 Å². The fourth-order valence-electron chi connectivity index (χ4n) is 5.52.